The molecule has 0 bridgehead atoms. The van der Waals surface area contributed by atoms with Gasteiger partial charge in [0.2, 0.25) is 5.91 Å². The second kappa shape index (κ2) is 25.5. The van der Waals surface area contributed by atoms with Crippen LogP contribution in [0.15, 0.2) is 24.3 Å². The number of aliphatic hydroxyl groups is 1. The molecule has 8 nitrogen and oxygen atoms in total. The highest BCUT2D eigenvalue weighted by atomic mass is 31.2. The minimum atomic E-state index is -4.57. The molecular formula is C32H63N2O6P. The third kappa shape index (κ3) is 27.6. The number of aliphatic hydroxyl groups excluding tert-OH is 1. The number of phosphoric ester groups is 1. The molecule has 0 spiro atoms. The van der Waals surface area contributed by atoms with Crippen molar-refractivity contribution in [3.63, 3.8) is 0 Å². The maximum absolute atomic E-state index is 12.6. The van der Waals surface area contributed by atoms with Crippen LogP contribution in [0.4, 0.5) is 0 Å². The van der Waals surface area contributed by atoms with Crippen LogP contribution < -0.4 is 10.2 Å². The number of nitrogens with one attached hydrogen (secondary N) is 1. The van der Waals surface area contributed by atoms with Gasteiger partial charge in [-0.25, -0.2) is 0 Å². The van der Waals surface area contributed by atoms with Gasteiger partial charge in [0.1, 0.15) is 13.2 Å². The lowest BCUT2D eigenvalue weighted by Crippen LogP contribution is -2.45. The summed E-state index contributed by atoms with van der Waals surface area (Å²) in [4.78, 5) is 24.9. The molecule has 41 heavy (non-hydrogen) atoms. The number of rotatable bonds is 28. The molecule has 9 heteroatoms. The van der Waals surface area contributed by atoms with Gasteiger partial charge in [-0.05, 0) is 38.5 Å². The fourth-order valence-corrected chi connectivity index (χ4v) is 4.91. The molecule has 0 fully saturated rings. The SMILES string of the molecule is CCCC/C=C\CCCCCCCC(=O)NC(COP(=O)([O-])OCC[N+](C)(C)C)C(O)/C=C/CCCCCCCC. The van der Waals surface area contributed by atoms with Gasteiger partial charge in [-0.1, -0.05) is 102 Å². The number of phosphoric acid groups is 1. The third-order valence-corrected chi connectivity index (χ3v) is 7.87. The molecular weight excluding hydrogens is 539 g/mol. The van der Waals surface area contributed by atoms with Crippen LogP contribution in [0.2, 0.25) is 0 Å². The van der Waals surface area contributed by atoms with E-state index < -0.39 is 20.0 Å². The Morgan fingerprint density at radius 1 is 0.829 bits per heavy atom. The summed E-state index contributed by atoms with van der Waals surface area (Å²) in [6.45, 7) is 4.51. The molecule has 0 saturated carbocycles. The van der Waals surface area contributed by atoms with E-state index in [0.717, 1.165) is 64.2 Å². The number of nitrogens with zero attached hydrogens (tertiary/aromatic N) is 1. The molecule has 0 saturated heterocycles. The highest BCUT2D eigenvalue weighted by molar-refractivity contribution is 7.45. The van der Waals surface area contributed by atoms with Crippen LogP contribution in [0.25, 0.3) is 0 Å². The van der Waals surface area contributed by atoms with Crippen LogP contribution in [0.1, 0.15) is 123 Å². The number of carbonyl (C=O) groups is 1. The molecule has 0 heterocycles. The normalized spacial score (nSPS) is 15.4. The molecule has 0 rings (SSSR count). The summed E-state index contributed by atoms with van der Waals surface area (Å²) in [5.41, 5.74) is 0. The van der Waals surface area contributed by atoms with Gasteiger partial charge < -0.3 is 28.8 Å². The van der Waals surface area contributed by atoms with Crippen molar-refractivity contribution in [2.75, 3.05) is 40.9 Å². The average molecular weight is 603 g/mol. The molecule has 0 radical (unpaired) electrons. The molecule has 0 aliphatic rings. The quantitative estimate of drug-likeness (QED) is 0.0440. The Bertz CT molecular complexity index is 738. The molecule has 0 aromatic rings. The molecule has 1 amide bonds. The van der Waals surface area contributed by atoms with Crippen LogP contribution >= 0.6 is 7.82 Å². The van der Waals surface area contributed by atoms with E-state index in [1.54, 1.807) is 6.08 Å². The van der Waals surface area contributed by atoms with Crippen molar-refractivity contribution in [1.29, 1.82) is 0 Å². The predicted molar refractivity (Wildman–Crippen MR) is 168 cm³/mol. The Morgan fingerprint density at radius 2 is 1.37 bits per heavy atom. The highest BCUT2D eigenvalue weighted by Gasteiger charge is 2.23. The lowest BCUT2D eigenvalue weighted by atomic mass is 10.1. The Hall–Kier alpha value is -1.02. The van der Waals surface area contributed by atoms with E-state index in [1.807, 2.05) is 27.2 Å². The minimum absolute atomic E-state index is 0.00282. The Kier molecular flexibility index (Phi) is 24.8. The van der Waals surface area contributed by atoms with Crippen molar-refractivity contribution in [3.8, 4) is 0 Å². The van der Waals surface area contributed by atoms with Gasteiger partial charge >= 0.3 is 0 Å². The summed E-state index contributed by atoms with van der Waals surface area (Å²) in [5.74, 6) is -0.215. The molecule has 0 aromatic carbocycles. The summed E-state index contributed by atoms with van der Waals surface area (Å²) < 4.78 is 22.9. The fraction of sp³-hybridized carbons (Fsp3) is 0.844. The van der Waals surface area contributed by atoms with Crippen LogP contribution in [0.5, 0.6) is 0 Å². The van der Waals surface area contributed by atoms with Gasteiger partial charge in [-0.3, -0.25) is 9.36 Å². The number of allylic oxidation sites excluding steroid dienone is 3. The number of amides is 1. The summed E-state index contributed by atoms with van der Waals surface area (Å²) >= 11 is 0. The lowest BCUT2D eigenvalue weighted by Gasteiger charge is -2.29. The van der Waals surface area contributed by atoms with E-state index in [-0.39, 0.29) is 19.1 Å². The lowest BCUT2D eigenvalue weighted by molar-refractivity contribution is -0.870. The second-order valence-corrected chi connectivity index (χ2v) is 13.6. The zero-order valence-electron chi connectivity index (χ0n) is 27.0. The van der Waals surface area contributed by atoms with E-state index in [4.69, 9.17) is 9.05 Å². The summed E-state index contributed by atoms with van der Waals surface area (Å²) in [6.07, 6.45) is 25.1. The largest absolute Gasteiger partial charge is 0.756 e. The fourth-order valence-electron chi connectivity index (χ4n) is 4.19. The molecule has 3 atom stereocenters. The van der Waals surface area contributed by atoms with E-state index in [0.29, 0.717) is 17.4 Å². The first-order chi connectivity index (χ1) is 19.5. The second-order valence-electron chi connectivity index (χ2n) is 12.2. The van der Waals surface area contributed by atoms with Gasteiger partial charge in [0.05, 0.1) is 39.9 Å². The van der Waals surface area contributed by atoms with Gasteiger partial charge in [0.15, 0.2) is 0 Å². The minimum Gasteiger partial charge on any atom is -0.756 e. The van der Waals surface area contributed by atoms with E-state index in [9.17, 15) is 19.4 Å². The van der Waals surface area contributed by atoms with E-state index in [1.165, 1.54) is 38.5 Å². The van der Waals surface area contributed by atoms with Crippen molar-refractivity contribution in [1.82, 2.24) is 5.32 Å². The monoisotopic (exact) mass is 602 g/mol. The van der Waals surface area contributed by atoms with Crippen LogP contribution in [-0.2, 0) is 18.4 Å². The average Bonchev–Trinajstić information content (AvgIpc) is 2.90. The first kappa shape index (κ1) is 40.0. The van der Waals surface area contributed by atoms with Crippen LogP contribution in [0.3, 0.4) is 0 Å². The molecule has 242 valence electrons. The smallest absolute Gasteiger partial charge is 0.268 e. The third-order valence-electron chi connectivity index (χ3n) is 6.91. The van der Waals surface area contributed by atoms with Crippen molar-refractivity contribution in [2.24, 2.45) is 0 Å². The summed E-state index contributed by atoms with van der Waals surface area (Å²) in [7, 11) is 1.25. The van der Waals surface area contributed by atoms with Gasteiger partial charge in [-0.15, -0.1) is 0 Å². The number of hydrogen-bond donors (Lipinski definition) is 2. The highest BCUT2D eigenvalue weighted by Crippen LogP contribution is 2.38. The number of carbonyl (C=O) groups excluding carboxylic acids is 1. The molecule has 0 aliphatic carbocycles. The van der Waals surface area contributed by atoms with Gasteiger partial charge in [0, 0.05) is 6.42 Å². The van der Waals surface area contributed by atoms with Gasteiger partial charge in [0.25, 0.3) is 7.82 Å². The number of unbranched alkanes of at least 4 members (excludes halogenated alkanes) is 13. The Balaban J connectivity index is 4.64. The maximum Gasteiger partial charge on any atom is 0.268 e. The summed E-state index contributed by atoms with van der Waals surface area (Å²) in [6, 6.07) is -0.882. The van der Waals surface area contributed by atoms with E-state index >= 15 is 0 Å². The number of quaternary nitrogens is 1. The van der Waals surface area contributed by atoms with Crippen molar-refractivity contribution in [2.45, 2.75) is 135 Å². The molecule has 2 N–H and O–H groups in total. The predicted octanol–water partition coefficient (Wildman–Crippen LogP) is 6.82. The maximum atomic E-state index is 12.6. The van der Waals surface area contributed by atoms with Crippen molar-refractivity contribution in [3.05, 3.63) is 24.3 Å². The molecule has 0 aliphatic heterocycles. The van der Waals surface area contributed by atoms with Crippen LogP contribution in [-0.4, -0.2) is 68.5 Å². The first-order valence-electron chi connectivity index (χ1n) is 16.2. The Morgan fingerprint density at radius 3 is 1.98 bits per heavy atom. The zero-order chi connectivity index (χ0) is 30.8. The van der Waals surface area contributed by atoms with Gasteiger partial charge in [-0.2, -0.15) is 0 Å². The first-order valence-corrected chi connectivity index (χ1v) is 17.7. The topological polar surface area (TPSA) is 108 Å². The standard InChI is InChI=1S/C32H63N2O6P/c1-6-8-10-12-14-16-17-18-20-22-24-26-32(36)33-30(29-40-41(37,38)39-28-27-34(3,4)5)31(35)25-23-21-19-15-13-11-9-7-2/h12,14,23,25,30-31,35H,6-11,13,15-22,24,26-29H2,1-5H3,(H-,33,36,37,38)/b14-12-,25-23+. The van der Waals surface area contributed by atoms with Crippen molar-refractivity contribution < 1.29 is 32.9 Å². The zero-order valence-corrected chi connectivity index (χ0v) is 27.9. The molecule has 3 unspecified atom stereocenters. The number of hydrogen-bond acceptors (Lipinski definition) is 6. The summed E-state index contributed by atoms with van der Waals surface area (Å²) in [5, 5.41) is 13.5. The van der Waals surface area contributed by atoms with Crippen molar-refractivity contribution >= 4 is 13.7 Å². The Labute approximate surface area is 252 Å². The molecule has 0 aromatic heterocycles. The van der Waals surface area contributed by atoms with E-state index in [2.05, 4.69) is 31.3 Å². The number of likely N-dealkylation sites (N-methyl/N-ethyl adjacent to an activating group) is 1. The van der Waals surface area contributed by atoms with Crippen LogP contribution in [0, 0.1) is 0 Å².